The Hall–Kier alpha value is -2.00. The molecule has 0 aliphatic rings. The fourth-order valence-corrected chi connectivity index (χ4v) is 2.06. The fourth-order valence-electron chi connectivity index (χ4n) is 2.06. The summed E-state index contributed by atoms with van der Waals surface area (Å²) < 4.78 is 0. The van der Waals surface area contributed by atoms with Crippen LogP contribution in [0, 0.1) is 11.8 Å². The summed E-state index contributed by atoms with van der Waals surface area (Å²) in [5.74, 6) is 6.61. The average molecular weight is 234 g/mol. The van der Waals surface area contributed by atoms with Gasteiger partial charge >= 0.3 is 0 Å². The van der Waals surface area contributed by atoms with Gasteiger partial charge in [-0.1, -0.05) is 62.1 Å². The Kier molecular flexibility index (Phi) is 4.20. The molecule has 0 bridgehead atoms. The molecule has 0 heterocycles. The summed E-state index contributed by atoms with van der Waals surface area (Å²) in [6.07, 6.45) is 2.07. The number of hydrogen-bond donors (Lipinski definition) is 0. The molecule has 0 aliphatic carbocycles. The van der Waals surface area contributed by atoms with E-state index in [1.165, 1.54) is 16.7 Å². The summed E-state index contributed by atoms with van der Waals surface area (Å²) in [6, 6.07) is 16.6. The van der Waals surface area contributed by atoms with Crippen molar-refractivity contribution in [1.29, 1.82) is 0 Å². The van der Waals surface area contributed by atoms with Crippen molar-refractivity contribution < 1.29 is 0 Å². The van der Waals surface area contributed by atoms with E-state index in [-0.39, 0.29) is 0 Å². The Balaban J connectivity index is 2.43. The van der Waals surface area contributed by atoms with Crippen LogP contribution in [0.1, 0.15) is 36.1 Å². The molecule has 0 heteroatoms. The lowest BCUT2D eigenvalue weighted by Gasteiger charge is -2.06. The molecule has 0 unspecified atom stereocenters. The first-order valence-corrected chi connectivity index (χ1v) is 6.53. The molecule has 2 aromatic carbocycles. The zero-order chi connectivity index (χ0) is 12.8. The van der Waals surface area contributed by atoms with Crippen LogP contribution in [0.15, 0.2) is 48.5 Å². The van der Waals surface area contributed by atoms with Gasteiger partial charge < -0.3 is 0 Å². The third kappa shape index (κ3) is 2.81. The van der Waals surface area contributed by atoms with Gasteiger partial charge in [0.15, 0.2) is 0 Å². The molecule has 0 atom stereocenters. The maximum Gasteiger partial charge on any atom is 0.0312 e. The van der Waals surface area contributed by atoms with E-state index in [1.807, 2.05) is 30.3 Å². The molecule has 18 heavy (non-hydrogen) atoms. The number of hydrogen-bond acceptors (Lipinski definition) is 0. The van der Waals surface area contributed by atoms with Crippen molar-refractivity contribution in [2.75, 3.05) is 0 Å². The van der Waals surface area contributed by atoms with Gasteiger partial charge in [0, 0.05) is 11.1 Å². The second-order valence-corrected chi connectivity index (χ2v) is 4.27. The molecule has 0 N–H and O–H groups in total. The van der Waals surface area contributed by atoms with Crippen molar-refractivity contribution in [3.05, 3.63) is 70.8 Å². The summed E-state index contributed by atoms with van der Waals surface area (Å²) in [6.45, 7) is 4.37. The van der Waals surface area contributed by atoms with Gasteiger partial charge in [-0.05, 0) is 36.1 Å². The van der Waals surface area contributed by atoms with E-state index >= 15 is 0 Å². The first-order valence-electron chi connectivity index (χ1n) is 6.53. The monoisotopic (exact) mass is 234 g/mol. The van der Waals surface area contributed by atoms with Crippen LogP contribution in [0.3, 0.4) is 0 Å². The van der Waals surface area contributed by atoms with Crippen molar-refractivity contribution in [1.82, 2.24) is 0 Å². The first kappa shape index (κ1) is 12.5. The quantitative estimate of drug-likeness (QED) is 0.683. The average Bonchev–Trinajstić information content (AvgIpc) is 2.45. The van der Waals surface area contributed by atoms with E-state index in [9.17, 15) is 0 Å². The van der Waals surface area contributed by atoms with Crippen molar-refractivity contribution in [2.45, 2.75) is 26.7 Å². The van der Waals surface area contributed by atoms with Crippen molar-refractivity contribution in [3.63, 3.8) is 0 Å². The van der Waals surface area contributed by atoms with E-state index in [0.29, 0.717) is 0 Å². The lowest BCUT2D eigenvalue weighted by Crippen LogP contribution is -1.94. The minimum absolute atomic E-state index is 1.03. The largest absolute Gasteiger partial charge is 0.0622 e. The molecule has 90 valence electrons. The molecule has 2 aromatic rings. The highest BCUT2D eigenvalue weighted by molar-refractivity contribution is 5.50. The number of rotatable bonds is 2. The van der Waals surface area contributed by atoms with Gasteiger partial charge in [0.05, 0.1) is 0 Å². The molecular weight excluding hydrogens is 216 g/mol. The van der Waals surface area contributed by atoms with Crippen LogP contribution in [0.25, 0.3) is 0 Å². The number of aryl methyl sites for hydroxylation is 2. The SMILES string of the molecule is CCc1cccc(CC)c1C#Cc1ccccc1. The van der Waals surface area contributed by atoms with E-state index in [4.69, 9.17) is 0 Å². The van der Waals surface area contributed by atoms with Gasteiger partial charge in [-0.15, -0.1) is 0 Å². The molecular formula is C18H18. The van der Waals surface area contributed by atoms with Crippen molar-refractivity contribution in [3.8, 4) is 11.8 Å². The summed E-state index contributed by atoms with van der Waals surface area (Å²) >= 11 is 0. The molecule has 0 spiro atoms. The lowest BCUT2D eigenvalue weighted by atomic mass is 9.98. The van der Waals surface area contributed by atoms with Crippen LogP contribution in [0.2, 0.25) is 0 Å². The Morgan fingerprint density at radius 3 is 1.89 bits per heavy atom. The summed E-state index contributed by atoms with van der Waals surface area (Å²) in [5, 5.41) is 0. The number of benzene rings is 2. The zero-order valence-corrected chi connectivity index (χ0v) is 11.0. The molecule has 2 rings (SSSR count). The van der Waals surface area contributed by atoms with Crippen LogP contribution in [0.4, 0.5) is 0 Å². The third-order valence-electron chi connectivity index (χ3n) is 3.10. The second kappa shape index (κ2) is 6.07. The standard InChI is InChI=1S/C18H18/c1-3-16-11-8-12-17(4-2)18(16)14-13-15-9-6-5-7-10-15/h5-12H,3-4H2,1-2H3. The van der Waals surface area contributed by atoms with Crippen molar-refractivity contribution >= 4 is 0 Å². The minimum Gasteiger partial charge on any atom is -0.0622 e. The lowest BCUT2D eigenvalue weighted by molar-refractivity contribution is 1.07. The van der Waals surface area contributed by atoms with Crippen molar-refractivity contribution in [2.24, 2.45) is 0 Å². The summed E-state index contributed by atoms with van der Waals surface area (Å²) in [7, 11) is 0. The van der Waals surface area contributed by atoms with Crippen LogP contribution in [-0.2, 0) is 12.8 Å². The molecule has 0 fully saturated rings. The predicted octanol–water partition coefficient (Wildman–Crippen LogP) is 4.21. The van der Waals surface area contributed by atoms with Crippen LogP contribution in [-0.4, -0.2) is 0 Å². The normalized spacial score (nSPS) is 9.67. The Morgan fingerprint density at radius 2 is 1.33 bits per heavy atom. The van der Waals surface area contributed by atoms with E-state index in [2.05, 4.69) is 43.9 Å². The van der Waals surface area contributed by atoms with Gasteiger partial charge in [0.2, 0.25) is 0 Å². The zero-order valence-electron chi connectivity index (χ0n) is 11.0. The van der Waals surface area contributed by atoms with Gasteiger partial charge in [-0.25, -0.2) is 0 Å². The first-order chi connectivity index (χ1) is 8.85. The third-order valence-corrected chi connectivity index (χ3v) is 3.10. The highest BCUT2D eigenvalue weighted by Crippen LogP contribution is 2.15. The smallest absolute Gasteiger partial charge is 0.0312 e. The van der Waals surface area contributed by atoms with Crippen LogP contribution < -0.4 is 0 Å². The van der Waals surface area contributed by atoms with Gasteiger partial charge in [-0.3, -0.25) is 0 Å². The molecule has 0 aliphatic heterocycles. The molecule has 0 aromatic heterocycles. The summed E-state index contributed by atoms with van der Waals surface area (Å²) in [5.41, 5.74) is 4.98. The van der Waals surface area contributed by atoms with E-state index in [0.717, 1.165) is 18.4 Å². The van der Waals surface area contributed by atoms with Crippen LogP contribution in [0.5, 0.6) is 0 Å². The van der Waals surface area contributed by atoms with E-state index in [1.54, 1.807) is 0 Å². The second-order valence-electron chi connectivity index (χ2n) is 4.27. The van der Waals surface area contributed by atoms with Gasteiger partial charge in [-0.2, -0.15) is 0 Å². The minimum atomic E-state index is 1.03. The maximum absolute atomic E-state index is 3.35. The molecule has 0 saturated heterocycles. The summed E-state index contributed by atoms with van der Waals surface area (Å²) in [4.78, 5) is 0. The van der Waals surface area contributed by atoms with Gasteiger partial charge in [0.25, 0.3) is 0 Å². The molecule has 0 radical (unpaired) electrons. The van der Waals surface area contributed by atoms with E-state index < -0.39 is 0 Å². The fraction of sp³-hybridized carbons (Fsp3) is 0.222. The highest BCUT2D eigenvalue weighted by atomic mass is 14.1. The Bertz CT molecular complexity index is 546. The van der Waals surface area contributed by atoms with Gasteiger partial charge in [0.1, 0.15) is 0 Å². The topological polar surface area (TPSA) is 0 Å². The molecule has 0 amide bonds. The Morgan fingerprint density at radius 1 is 0.722 bits per heavy atom. The predicted molar refractivity (Wildman–Crippen MR) is 77.6 cm³/mol. The molecule has 0 saturated carbocycles. The van der Waals surface area contributed by atoms with Crippen LogP contribution >= 0.6 is 0 Å². The molecule has 0 nitrogen and oxygen atoms in total. The Labute approximate surface area is 110 Å². The maximum atomic E-state index is 3.35. The highest BCUT2D eigenvalue weighted by Gasteiger charge is 2.02.